The monoisotopic (exact) mass is 248 g/mol. The average Bonchev–Trinajstić information content (AvgIpc) is 2.99. The summed E-state index contributed by atoms with van der Waals surface area (Å²) >= 11 is 0. The first-order valence-electron chi connectivity index (χ1n) is 5.98. The number of benzene rings is 1. The van der Waals surface area contributed by atoms with E-state index in [9.17, 15) is 4.39 Å². The molecule has 0 radical (unpaired) electrons. The SMILES string of the molecule is Fc1cc(OCCn2ncnn2)cc2c1CCC2. The van der Waals surface area contributed by atoms with Gasteiger partial charge in [-0.3, -0.25) is 0 Å². The molecule has 0 unspecified atom stereocenters. The van der Waals surface area contributed by atoms with Gasteiger partial charge in [-0.15, -0.1) is 10.2 Å². The van der Waals surface area contributed by atoms with Gasteiger partial charge in [-0.1, -0.05) is 0 Å². The molecule has 0 saturated heterocycles. The van der Waals surface area contributed by atoms with Crippen LogP contribution in [0.4, 0.5) is 4.39 Å². The predicted octanol–water partition coefficient (Wildman–Crippen LogP) is 1.38. The zero-order chi connectivity index (χ0) is 12.4. The van der Waals surface area contributed by atoms with E-state index in [1.807, 2.05) is 6.07 Å². The third-order valence-electron chi connectivity index (χ3n) is 3.09. The fraction of sp³-hybridized carbons (Fsp3) is 0.417. The summed E-state index contributed by atoms with van der Waals surface area (Å²) < 4.78 is 19.2. The van der Waals surface area contributed by atoms with Crippen LogP contribution >= 0.6 is 0 Å². The zero-order valence-electron chi connectivity index (χ0n) is 9.84. The van der Waals surface area contributed by atoms with Gasteiger partial charge in [-0.25, -0.2) is 4.39 Å². The van der Waals surface area contributed by atoms with Gasteiger partial charge in [0.25, 0.3) is 0 Å². The second-order valence-corrected chi connectivity index (χ2v) is 4.28. The number of nitrogens with zero attached hydrogens (tertiary/aromatic N) is 4. The number of rotatable bonds is 4. The number of hydrogen-bond donors (Lipinski definition) is 0. The molecule has 0 saturated carbocycles. The van der Waals surface area contributed by atoms with Crippen LogP contribution in [0.5, 0.6) is 5.75 Å². The molecule has 1 heterocycles. The Bertz CT molecular complexity index is 541. The Labute approximate surface area is 104 Å². The smallest absolute Gasteiger partial charge is 0.162 e. The van der Waals surface area contributed by atoms with Gasteiger partial charge in [0.2, 0.25) is 0 Å². The minimum atomic E-state index is -0.154. The van der Waals surface area contributed by atoms with E-state index in [-0.39, 0.29) is 5.82 Å². The summed E-state index contributed by atoms with van der Waals surface area (Å²) in [6.45, 7) is 0.896. The molecule has 3 rings (SSSR count). The van der Waals surface area contributed by atoms with E-state index >= 15 is 0 Å². The molecule has 18 heavy (non-hydrogen) atoms. The Morgan fingerprint density at radius 2 is 2.28 bits per heavy atom. The molecule has 0 N–H and O–H groups in total. The zero-order valence-corrected chi connectivity index (χ0v) is 9.84. The van der Waals surface area contributed by atoms with Crippen LogP contribution in [0.15, 0.2) is 18.5 Å². The Morgan fingerprint density at radius 3 is 3.11 bits per heavy atom. The summed E-state index contributed by atoms with van der Waals surface area (Å²) in [6, 6.07) is 3.39. The molecule has 94 valence electrons. The Balaban J connectivity index is 1.65. The number of ether oxygens (including phenoxy) is 1. The molecular formula is C12H13FN4O. The van der Waals surface area contributed by atoms with Crippen LogP contribution in [0.1, 0.15) is 17.5 Å². The van der Waals surface area contributed by atoms with Crippen molar-refractivity contribution in [1.82, 2.24) is 20.2 Å². The highest BCUT2D eigenvalue weighted by atomic mass is 19.1. The fourth-order valence-electron chi connectivity index (χ4n) is 2.24. The molecule has 0 atom stereocenters. The average molecular weight is 248 g/mol. The highest BCUT2D eigenvalue weighted by Gasteiger charge is 2.16. The molecule has 0 aliphatic heterocycles. The first kappa shape index (κ1) is 11.1. The van der Waals surface area contributed by atoms with Gasteiger partial charge in [-0.05, 0) is 41.7 Å². The van der Waals surface area contributed by atoms with Crippen molar-refractivity contribution < 1.29 is 9.13 Å². The first-order valence-corrected chi connectivity index (χ1v) is 5.98. The van der Waals surface area contributed by atoms with Gasteiger partial charge < -0.3 is 4.74 Å². The number of tetrazole rings is 1. The largest absolute Gasteiger partial charge is 0.491 e. The normalized spacial score (nSPS) is 13.6. The Hall–Kier alpha value is -1.98. The van der Waals surface area contributed by atoms with E-state index in [4.69, 9.17) is 4.74 Å². The van der Waals surface area contributed by atoms with Gasteiger partial charge in [0, 0.05) is 6.07 Å². The summed E-state index contributed by atoms with van der Waals surface area (Å²) in [5, 5.41) is 11.2. The summed E-state index contributed by atoms with van der Waals surface area (Å²) in [5.74, 6) is 0.423. The third kappa shape index (κ3) is 2.18. The van der Waals surface area contributed by atoms with Crippen molar-refractivity contribution in [2.45, 2.75) is 25.8 Å². The first-order chi connectivity index (χ1) is 8.83. The molecule has 1 aliphatic rings. The second kappa shape index (κ2) is 4.72. The molecule has 0 amide bonds. The minimum Gasteiger partial charge on any atom is -0.491 e. The molecule has 1 aromatic carbocycles. The summed E-state index contributed by atoms with van der Waals surface area (Å²) in [6.07, 6.45) is 4.17. The standard InChI is InChI=1S/C12H13FN4O/c13-12-7-10(6-9-2-1-3-11(9)12)18-5-4-17-15-8-14-16-17/h6-8H,1-5H2. The lowest BCUT2D eigenvalue weighted by Gasteiger charge is -2.08. The van der Waals surface area contributed by atoms with E-state index in [1.54, 1.807) is 0 Å². The lowest BCUT2D eigenvalue weighted by Crippen LogP contribution is -2.11. The second-order valence-electron chi connectivity index (χ2n) is 4.28. The quantitative estimate of drug-likeness (QED) is 0.820. The van der Waals surface area contributed by atoms with Crippen LogP contribution in [-0.4, -0.2) is 26.8 Å². The van der Waals surface area contributed by atoms with Crippen molar-refractivity contribution in [3.8, 4) is 5.75 Å². The molecular weight excluding hydrogens is 235 g/mol. The van der Waals surface area contributed by atoms with Crippen molar-refractivity contribution in [1.29, 1.82) is 0 Å². The highest BCUT2D eigenvalue weighted by molar-refractivity contribution is 5.39. The fourth-order valence-corrected chi connectivity index (χ4v) is 2.24. The number of hydrogen-bond acceptors (Lipinski definition) is 4. The van der Waals surface area contributed by atoms with Crippen LogP contribution in [0.25, 0.3) is 0 Å². The number of fused-ring (bicyclic) bond motifs is 1. The number of aryl methyl sites for hydroxylation is 1. The highest BCUT2D eigenvalue weighted by Crippen LogP contribution is 2.28. The maximum atomic E-state index is 13.7. The van der Waals surface area contributed by atoms with E-state index in [1.165, 1.54) is 17.2 Å². The van der Waals surface area contributed by atoms with Gasteiger partial charge in [0.15, 0.2) is 6.33 Å². The molecule has 1 aromatic heterocycles. The van der Waals surface area contributed by atoms with E-state index in [0.29, 0.717) is 18.9 Å². The molecule has 0 fully saturated rings. The van der Waals surface area contributed by atoms with Crippen molar-refractivity contribution in [3.05, 3.63) is 35.4 Å². The third-order valence-corrected chi connectivity index (χ3v) is 3.09. The van der Waals surface area contributed by atoms with Crippen LogP contribution in [0, 0.1) is 5.82 Å². The lowest BCUT2D eigenvalue weighted by molar-refractivity contribution is 0.279. The van der Waals surface area contributed by atoms with Crippen LogP contribution in [-0.2, 0) is 19.4 Å². The van der Waals surface area contributed by atoms with E-state index in [2.05, 4.69) is 15.4 Å². The Kier molecular flexibility index (Phi) is 2.92. The topological polar surface area (TPSA) is 52.8 Å². The minimum absolute atomic E-state index is 0.154. The van der Waals surface area contributed by atoms with Gasteiger partial charge in [-0.2, -0.15) is 4.80 Å². The van der Waals surface area contributed by atoms with Crippen LogP contribution in [0.3, 0.4) is 0 Å². The van der Waals surface area contributed by atoms with E-state index in [0.717, 1.165) is 30.4 Å². The van der Waals surface area contributed by atoms with Crippen molar-refractivity contribution in [2.24, 2.45) is 0 Å². The van der Waals surface area contributed by atoms with Crippen LogP contribution < -0.4 is 4.74 Å². The molecule has 2 aromatic rings. The molecule has 5 nitrogen and oxygen atoms in total. The number of aromatic nitrogens is 4. The van der Waals surface area contributed by atoms with Crippen molar-refractivity contribution in [3.63, 3.8) is 0 Å². The number of halogens is 1. The van der Waals surface area contributed by atoms with Crippen molar-refractivity contribution in [2.75, 3.05) is 6.61 Å². The molecule has 1 aliphatic carbocycles. The lowest BCUT2D eigenvalue weighted by atomic mass is 10.1. The maximum absolute atomic E-state index is 13.7. The summed E-state index contributed by atoms with van der Waals surface area (Å²) in [5.41, 5.74) is 1.92. The predicted molar refractivity (Wildman–Crippen MR) is 61.7 cm³/mol. The van der Waals surface area contributed by atoms with Crippen molar-refractivity contribution >= 4 is 0 Å². The molecule has 0 spiro atoms. The van der Waals surface area contributed by atoms with Crippen LogP contribution in [0.2, 0.25) is 0 Å². The molecule has 0 bridgehead atoms. The summed E-state index contributed by atoms with van der Waals surface area (Å²) in [4.78, 5) is 1.43. The van der Waals surface area contributed by atoms with Gasteiger partial charge in [0.05, 0.1) is 6.54 Å². The van der Waals surface area contributed by atoms with Gasteiger partial charge in [0.1, 0.15) is 18.2 Å². The summed E-state index contributed by atoms with van der Waals surface area (Å²) in [7, 11) is 0. The Morgan fingerprint density at radius 1 is 1.33 bits per heavy atom. The molecule has 6 heteroatoms. The maximum Gasteiger partial charge on any atom is 0.162 e. The van der Waals surface area contributed by atoms with Gasteiger partial charge >= 0.3 is 0 Å². The van der Waals surface area contributed by atoms with E-state index < -0.39 is 0 Å².